The Balaban J connectivity index is 1.51. The van der Waals surface area contributed by atoms with Gasteiger partial charge in [0.25, 0.3) is 0 Å². The molecule has 6 heteroatoms. The van der Waals surface area contributed by atoms with Gasteiger partial charge in [-0.2, -0.15) is 0 Å². The Morgan fingerprint density at radius 2 is 1.71 bits per heavy atom. The molecule has 5 nitrogen and oxygen atoms in total. The number of aryl methyl sites for hydroxylation is 2. The minimum atomic E-state index is 0.149. The first-order chi connectivity index (χ1) is 11.3. The molecular formula is C18H28N4OS. The average Bonchev–Trinajstić information content (AvgIpc) is 3.11. The van der Waals surface area contributed by atoms with Crippen molar-refractivity contribution in [3.05, 3.63) is 33.1 Å². The fourth-order valence-electron chi connectivity index (χ4n) is 3.00. The van der Waals surface area contributed by atoms with Crippen molar-refractivity contribution in [3.63, 3.8) is 0 Å². The average molecular weight is 349 g/mol. The molecule has 0 amide bonds. The number of piperazine rings is 1. The Hall–Kier alpha value is -1.24. The molecule has 3 heterocycles. The van der Waals surface area contributed by atoms with E-state index in [1.54, 1.807) is 0 Å². The van der Waals surface area contributed by atoms with Crippen molar-refractivity contribution in [2.24, 2.45) is 0 Å². The van der Waals surface area contributed by atoms with E-state index in [4.69, 9.17) is 4.52 Å². The van der Waals surface area contributed by atoms with Crippen molar-refractivity contribution < 1.29 is 4.52 Å². The number of rotatable bonds is 4. The predicted octanol–water partition coefficient (Wildman–Crippen LogP) is 3.36. The Labute approximate surface area is 148 Å². The lowest BCUT2D eigenvalue weighted by atomic mass is 9.98. The van der Waals surface area contributed by atoms with Gasteiger partial charge in [-0.1, -0.05) is 25.9 Å². The molecular weight excluding hydrogens is 320 g/mol. The third kappa shape index (κ3) is 4.05. The molecule has 1 aliphatic rings. The molecule has 0 aliphatic carbocycles. The maximum absolute atomic E-state index is 5.27. The molecule has 0 saturated carbocycles. The smallest absolute Gasteiger partial charge is 0.138 e. The molecule has 0 unspecified atom stereocenters. The maximum Gasteiger partial charge on any atom is 0.138 e. The first-order valence-corrected chi connectivity index (χ1v) is 9.46. The minimum absolute atomic E-state index is 0.149. The summed E-state index contributed by atoms with van der Waals surface area (Å²) in [5.41, 5.74) is 2.42. The van der Waals surface area contributed by atoms with E-state index < -0.39 is 0 Å². The van der Waals surface area contributed by atoms with Crippen LogP contribution in [0.5, 0.6) is 0 Å². The van der Waals surface area contributed by atoms with E-state index in [0.717, 1.165) is 50.7 Å². The van der Waals surface area contributed by atoms with Crippen molar-refractivity contribution in [1.82, 2.24) is 19.9 Å². The topological polar surface area (TPSA) is 45.4 Å². The number of hydrogen-bond acceptors (Lipinski definition) is 6. The normalized spacial score (nSPS) is 17.5. The lowest BCUT2D eigenvalue weighted by molar-refractivity contribution is 0.122. The van der Waals surface area contributed by atoms with Crippen molar-refractivity contribution in [2.75, 3.05) is 26.2 Å². The summed E-state index contributed by atoms with van der Waals surface area (Å²) in [7, 11) is 0. The molecule has 0 aromatic carbocycles. The van der Waals surface area contributed by atoms with Gasteiger partial charge in [-0.25, -0.2) is 4.98 Å². The highest BCUT2D eigenvalue weighted by Crippen LogP contribution is 2.27. The summed E-state index contributed by atoms with van der Waals surface area (Å²) >= 11 is 1.85. The van der Waals surface area contributed by atoms with Gasteiger partial charge in [0.05, 0.1) is 10.7 Å². The van der Waals surface area contributed by atoms with Gasteiger partial charge < -0.3 is 4.52 Å². The van der Waals surface area contributed by atoms with Crippen molar-refractivity contribution in [3.8, 4) is 0 Å². The third-order valence-corrected chi connectivity index (χ3v) is 6.01. The van der Waals surface area contributed by atoms with E-state index in [9.17, 15) is 0 Å². The molecule has 1 saturated heterocycles. The van der Waals surface area contributed by atoms with Crippen molar-refractivity contribution in [2.45, 2.75) is 53.1 Å². The van der Waals surface area contributed by atoms with Crippen LogP contribution in [-0.4, -0.2) is 46.1 Å². The molecule has 24 heavy (non-hydrogen) atoms. The molecule has 0 N–H and O–H groups in total. The van der Waals surface area contributed by atoms with Gasteiger partial charge in [-0.05, 0) is 13.8 Å². The molecule has 3 rings (SSSR count). The first-order valence-electron chi connectivity index (χ1n) is 8.64. The van der Waals surface area contributed by atoms with Gasteiger partial charge in [0, 0.05) is 61.3 Å². The van der Waals surface area contributed by atoms with Crippen LogP contribution in [0.25, 0.3) is 0 Å². The van der Waals surface area contributed by atoms with Crippen LogP contribution < -0.4 is 0 Å². The van der Waals surface area contributed by atoms with Crippen LogP contribution in [0.4, 0.5) is 0 Å². The zero-order chi connectivity index (χ0) is 17.3. The SMILES string of the molecule is Cc1noc(C)c1CN1CCN(Cc2cnc(C(C)(C)C)s2)CC1. The van der Waals surface area contributed by atoms with Crippen LogP contribution in [0.15, 0.2) is 10.7 Å². The number of thiazole rings is 1. The molecule has 0 radical (unpaired) electrons. The highest BCUT2D eigenvalue weighted by Gasteiger charge is 2.22. The molecule has 132 valence electrons. The van der Waals surface area contributed by atoms with Gasteiger partial charge in [0.1, 0.15) is 5.76 Å². The summed E-state index contributed by atoms with van der Waals surface area (Å²) in [5, 5.41) is 5.29. The summed E-state index contributed by atoms with van der Waals surface area (Å²) in [6, 6.07) is 0. The van der Waals surface area contributed by atoms with Crippen LogP contribution in [0.2, 0.25) is 0 Å². The second kappa shape index (κ2) is 6.94. The van der Waals surface area contributed by atoms with E-state index >= 15 is 0 Å². The first kappa shape index (κ1) is 17.6. The maximum atomic E-state index is 5.27. The molecule has 2 aromatic heterocycles. The lowest BCUT2D eigenvalue weighted by Crippen LogP contribution is -2.45. The predicted molar refractivity (Wildman–Crippen MR) is 97.3 cm³/mol. The second-order valence-corrected chi connectivity index (χ2v) is 8.85. The summed E-state index contributed by atoms with van der Waals surface area (Å²) in [6.07, 6.45) is 2.06. The fraction of sp³-hybridized carbons (Fsp3) is 0.667. The van der Waals surface area contributed by atoms with Crippen LogP contribution in [0.3, 0.4) is 0 Å². The Bertz CT molecular complexity index is 658. The van der Waals surface area contributed by atoms with Crippen LogP contribution in [0, 0.1) is 13.8 Å². The van der Waals surface area contributed by atoms with Gasteiger partial charge >= 0.3 is 0 Å². The van der Waals surface area contributed by atoms with Gasteiger partial charge in [0.2, 0.25) is 0 Å². The van der Waals surface area contributed by atoms with E-state index in [-0.39, 0.29) is 5.41 Å². The van der Waals surface area contributed by atoms with Crippen LogP contribution in [0.1, 0.15) is 47.7 Å². The largest absolute Gasteiger partial charge is 0.361 e. The fourth-order valence-corrected chi connectivity index (χ4v) is 4.02. The van der Waals surface area contributed by atoms with Crippen LogP contribution in [-0.2, 0) is 18.5 Å². The third-order valence-electron chi connectivity index (χ3n) is 4.60. The van der Waals surface area contributed by atoms with Gasteiger partial charge in [-0.15, -0.1) is 11.3 Å². The number of aromatic nitrogens is 2. The Morgan fingerprint density at radius 3 is 2.21 bits per heavy atom. The second-order valence-electron chi connectivity index (χ2n) is 7.74. The number of hydrogen-bond donors (Lipinski definition) is 0. The minimum Gasteiger partial charge on any atom is -0.361 e. The summed E-state index contributed by atoms with van der Waals surface area (Å²) in [6.45, 7) is 17.1. The van der Waals surface area contributed by atoms with Crippen molar-refractivity contribution >= 4 is 11.3 Å². The van der Waals surface area contributed by atoms with E-state index in [0.29, 0.717) is 0 Å². The van der Waals surface area contributed by atoms with E-state index in [2.05, 4.69) is 46.9 Å². The molecule has 0 spiro atoms. The molecule has 0 atom stereocenters. The van der Waals surface area contributed by atoms with Gasteiger partial charge in [-0.3, -0.25) is 9.80 Å². The highest BCUT2D eigenvalue weighted by atomic mass is 32.1. The molecule has 1 fully saturated rings. The van der Waals surface area contributed by atoms with E-state index in [1.165, 1.54) is 15.4 Å². The standard InChI is InChI=1S/C18H28N4OS/c1-13-16(14(2)23-20-13)12-22-8-6-21(7-9-22)11-15-10-19-17(24-15)18(3,4)5/h10H,6-9,11-12H2,1-5H3. The van der Waals surface area contributed by atoms with Crippen molar-refractivity contribution in [1.29, 1.82) is 0 Å². The summed E-state index contributed by atoms with van der Waals surface area (Å²) < 4.78 is 5.27. The summed E-state index contributed by atoms with van der Waals surface area (Å²) in [5.74, 6) is 0.953. The quantitative estimate of drug-likeness (QED) is 0.848. The van der Waals surface area contributed by atoms with Crippen LogP contribution >= 0.6 is 11.3 Å². The zero-order valence-electron chi connectivity index (χ0n) is 15.4. The Kier molecular flexibility index (Phi) is 5.08. The summed E-state index contributed by atoms with van der Waals surface area (Å²) in [4.78, 5) is 11.0. The molecule has 0 bridgehead atoms. The number of nitrogens with zero attached hydrogens (tertiary/aromatic N) is 4. The monoisotopic (exact) mass is 348 g/mol. The van der Waals surface area contributed by atoms with E-state index in [1.807, 2.05) is 25.2 Å². The molecule has 1 aliphatic heterocycles. The van der Waals surface area contributed by atoms with Gasteiger partial charge in [0.15, 0.2) is 0 Å². The molecule has 2 aromatic rings. The lowest BCUT2D eigenvalue weighted by Gasteiger charge is -2.34. The highest BCUT2D eigenvalue weighted by molar-refractivity contribution is 7.11. The zero-order valence-corrected chi connectivity index (χ0v) is 16.2. The Morgan fingerprint density at radius 1 is 1.08 bits per heavy atom.